The highest BCUT2D eigenvalue weighted by Gasteiger charge is 2.69. The third kappa shape index (κ3) is 3.50. The van der Waals surface area contributed by atoms with Gasteiger partial charge in [-0.05, 0) is 67.8 Å². The molecular weight excluding hydrogens is 412 g/mol. The van der Waals surface area contributed by atoms with E-state index in [0.717, 1.165) is 36.8 Å². The van der Waals surface area contributed by atoms with Gasteiger partial charge in [0.15, 0.2) is 0 Å². The summed E-state index contributed by atoms with van der Waals surface area (Å²) in [5.41, 5.74) is -0.732. The zero-order valence-electron chi connectivity index (χ0n) is 21.4. The number of hydrogen-bond donors (Lipinski definition) is 2. The third-order valence-corrected chi connectivity index (χ3v) is 10.6. The molecule has 8 atom stereocenters. The smallest absolute Gasteiger partial charge is 0.293 e. The predicted molar refractivity (Wildman–Crippen MR) is 131 cm³/mol. The molecule has 0 aromatic rings. The maximum atomic E-state index is 12.3. The second kappa shape index (κ2) is 8.37. The summed E-state index contributed by atoms with van der Waals surface area (Å²) in [6.45, 7) is 14.0. The molecule has 0 aromatic heterocycles. The van der Waals surface area contributed by atoms with E-state index >= 15 is 0 Å². The van der Waals surface area contributed by atoms with Gasteiger partial charge in [0, 0.05) is 17.3 Å². The van der Waals surface area contributed by atoms with Gasteiger partial charge in [0.25, 0.3) is 6.47 Å². The predicted octanol–water partition coefficient (Wildman–Crippen LogP) is 5.74. The van der Waals surface area contributed by atoms with Crippen LogP contribution in [0.2, 0.25) is 0 Å². The van der Waals surface area contributed by atoms with Crippen molar-refractivity contribution in [3.63, 3.8) is 0 Å². The lowest BCUT2D eigenvalue weighted by Crippen LogP contribution is -2.65. The molecule has 4 aliphatic rings. The van der Waals surface area contributed by atoms with Gasteiger partial charge in [0.2, 0.25) is 0 Å². The van der Waals surface area contributed by atoms with E-state index in [4.69, 9.17) is 4.74 Å². The van der Waals surface area contributed by atoms with Gasteiger partial charge in [0.05, 0.1) is 11.2 Å². The van der Waals surface area contributed by atoms with Crippen molar-refractivity contribution in [2.24, 2.45) is 34.5 Å². The average Bonchev–Trinajstić information content (AvgIpc) is 3.04. The molecule has 0 spiro atoms. The zero-order valence-corrected chi connectivity index (χ0v) is 21.4. The van der Waals surface area contributed by atoms with E-state index in [9.17, 15) is 15.0 Å². The fraction of sp³-hybridized carbons (Fsp3) is 0.759. The number of aliphatic hydroxyl groups is 2. The highest BCUT2D eigenvalue weighted by Crippen LogP contribution is 2.69. The standard InChI is InChI=1S/C29H44O4/c1-19(2)20(3)7-8-21(4)24-12-14-28(31)25-10-9-22-17-23(33-18-30)11-13-26(22,5)29(25,32)16-15-27(24,28)6/h7-10,18-21,23-24,31-32H,11-17H2,1-6H3/b8-7+/t20-,21+,23-,24+,26-,27?,28+,29+/m0/s1. The Hall–Kier alpha value is -1.39. The molecule has 3 saturated carbocycles. The lowest BCUT2D eigenvalue weighted by Gasteiger charge is -2.62. The van der Waals surface area contributed by atoms with Gasteiger partial charge in [-0.2, -0.15) is 0 Å². The van der Waals surface area contributed by atoms with Crippen molar-refractivity contribution in [1.29, 1.82) is 0 Å². The molecule has 0 bridgehead atoms. The van der Waals surface area contributed by atoms with Gasteiger partial charge in [-0.15, -0.1) is 0 Å². The fourth-order valence-corrected chi connectivity index (χ4v) is 7.71. The normalized spacial score (nSPS) is 44.4. The number of rotatable bonds is 6. The summed E-state index contributed by atoms with van der Waals surface area (Å²) in [5, 5.41) is 24.6. The number of fused-ring (bicyclic) bond motifs is 5. The Morgan fingerprint density at radius 1 is 0.970 bits per heavy atom. The van der Waals surface area contributed by atoms with E-state index in [-0.39, 0.29) is 11.5 Å². The van der Waals surface area contributed by atoms with E-state index in [1.165, 1.54) is 0 Å². The Kier molecular flexibility index (Phi) is 6.27. The first-order valence-electron chi connectivity index (χ1n) is 13.1. The van der Waals surface area contributed by atoms with Crippen molar-refractivity contribution in [2.75, 3.05) is 0 Å². The van der Waals surface area contributed by atoms with E-state index in [0.29, 0.717) is 49.4 Å². The van der Waals surface area contributed by atoms with Crippen LogP contribution in [0, 0.1) is 34.5 Å². The van der Waals surface area contributed by atoms with Crippen LogP contribution < -0.4 is 0 Å². The van der Waals surface area contributed by atoms with Gasteiger partial charge in [-0.3, -0.25) is 4.79 Å². The van der Waals surface area contributed by atoms with Gasteiger partial charge in [0.1, 0.15) is 6.10 Å². The summed E-state index contributed by atoms with van der Waals surface area (Å²) in [7, 11) is 0. The molecule has 3 fully saturated rings. The number of hydrogen-bond acceptors (Lipinski definition) is 4. The van der Waals surface area contributed by atoms with Gasteiger partial charge >= 0.3 is 0 Å². The van der Waals surface area contributed by atoms with E-state index in [1.54, 1.807) is 0 Å². The van der Waals surface area contributed by atoms with Crippen molar-refractivity contribution in [3.8, 4) is 0 Å². The third-order valence-electron chi connectivity index (χ3n) is 10.6. The molecule has 0 amide bonds. The molecule has 4 nitrogen and oxygen atoms in total. The largest absolute Gasteiger partial charge is 0.464 e. The molecule has 0 saturated heterocycles. The van der Waals surface area contributed by atoms with Crippen molar-refractivity contribution >= 4 is 6.47 Å². The minimum atomic E-state index is -1.04. The summed E-state index contributed by atoms with van der Waals surface area (Å²) >= 11 is 0. The van der Waals surface area contributed by atoms with Crippen LogP contribution in [0.1, 0.15) is 86.5 Å². The molecule has 0 aliphatic heterocycles. The highest BCUT2D eigenvalue weighted by atomic mass is 16.5. The monoisotopic (exact) mass is 456 g/mol. The Labute approximate surface area is 200 Å². The molecule has 4 rings (SSSR count). The molecule has 0 heterocycles. The summed E-state index contributed by atoms with van der Waals surface area (Å²) in [5.74, 6) is 1.94. The number of allylic oxidation sites excluding steroid dienone is 4. The minimum absolute atomic E-state index is 0.117. The summed E-state index contributed by atoms with van der Waals surface area (Å²) in [4.78, 5) is 10.9. The van der Waals surface area contributed by atoms with E-state index < -0.39 is 16.6 Å². The molecule has 4 aliphatic carbocycles. The van der Waals surface area contributed by atoms with E-state index in [1.807, 2.05) is 6.08 Å². The summed E-state index contributed by atoms with van der Waals surface area (Å²) < 4.78 is 5.27. The van der Waals surface area contributed by atoms with Crippen LogP contribution in [0.3, 0.4) is 0 Å². The quantitative estimate of drug-likeness (QED) is 0.395. The first-order valence-corrected chi connectivity index (χ1v) is 13.1. The molecular formula is C29H44O4. The van der Waals surface area contributed by atoms with Crippen molar-refractivity contribution in [3.05, 3.63) is 35.5 Å². The van der Waals surface area contributed by atoms with Gasteiger partial charge in [-0.25, -0.2) is 0 Å². The maximum absolute atomic E-state index is 12.3. The SMILES string of the molecule is CC(C)[C@@H](C)/C=C/[C@@H](C)[C@H]1CC[C@@]2(O)C3=CC=C4C[C@@H](OC=O)CC[C@]4(C)[C@@]3(O)CCC12C. The molecule has 2 N–H and O–H groups in total. The van der Waals surface area contributed by atoms with Crippen LogP contribution in [0.15, 0.2) is 35.5 Å². The Bertz CT molecular complexity index is 871. The highest BCUT2D eigenvalue weighted by molar-refractivity contribution is 5.49. The van der Waals surface area contributed by atoms with Crippen LogP contribution >= 0.6 is 0 Å². The average molecular weight is 457 g/mol. The van der Waals surface area contributed by atoms with Crippen LogP contribution in [0.4, 0.5) is 0 Å². The second-order valence-electron chi connectivity index (χ2n) is 12.3. The number of carbonyl (C=O) groups is 1. The first kappa shape index (κ1) is 24.7. The molecule has 1 unspecified atom stereocenters. The van der Waals surface area contributed by atoms with E-state index in [2.05, 4.69) is 59.8 Å². The number of ether oxygens (including phenoxy) is 1. The Balaban J connectivity index is 1.66. The lowest BCUT2D eigenvalue weighted by molar-refractivity contribution is -0.158. The lowest BCUT2D eigenvalue weighted by atomic mass is 9.46. The van der Waals surface area contributed by atoms with Crippen molar-refractivity contribution in [2.45, 2.75) is 104 Å². The van der Waals surface area contributed by atoms with Crippen LogP contribution in [-0.4, -0.2) is 34.0 Å². The number of carbonyl (C=O) groups excluding carboxylic acids is 1. The topological polar surface area (TPSA) is 66.8 Å². The Morgan fingerprint density at radius 3 is 2.36 bits per heavy atom. The van der Waals surface area contributed by atoms with Crippen LogP contribution in [-0.2, 0) is 9.53 Å². The molecule has 184 valence electrons. The molecule has 4 heteroatoms. The molecule has 0 aromatic carbocycles. The summed E-state index contributed by atoms with van der Waals surface area (Å²) in [6, 6.07) is 0. The molecule has 33 heavy (non-hydrogen) atoms. The molecule has 0 radical (unpaired) electrons. The summed E-state index contributed by atoms with van der Waals surface area (Å²) in [6.07, 6.45) is 14.1. The van der Waals surface area contributed by atoms with Gasteiger partial charge in [-0.1, -0.05) is 71.4 Å². The van der Waals surface area contributed by atoms with Crippen molar-refractivity contribution in [1.82, 2.24) is 0 Å². The van der Waals surface area contributed by atoms with Crippen molar-refractivity contribution < 1.29 is 19.7 Å². The second-order valence-corrected chi connectivity index (χ2v) is 12.3. The van der Waals surface area contributed by atoms with Crippen LogP contribution in [0.5, 0.6) is 0 Å². The van der Waals surface area contributed by atoms with Gasteiger partial charge < -0.3 is 14.9 Å². The maximum Gasteiger partial charge on any atom is 0.293 e. The fourth-order valence-electron chi connectivity index (χ4n) is 7.71. The minimum Gasteiger partial charge on any atom is -0.464 e. The zero-order chi connectivity index (χ0) is 24.2. The van der Waals surface area contributed by atoms with Crippen LogP contribution in [0.25, 0.3) is 0 Å². The Morgan fingerprint density at radius 2 is 1.70 bits per heavy atom. The first-order chi connectivity index (χ1) is 15.4.